The molecule has 2 unspecified atom stereocenters. The third kappa shape index (κ3) is 2.43. The largest absolute Gasteiger partial charge is 0.330 e. The standard InChI is InChI=1S/C15H23FN2/c1-4-12-7-13(10(2)5-14(12)16)15-6-11(8-17)9-18(15)3/h5,7,11,15H,4,6,8-9,17H2,1-3H3. The molecule has 3 heteroatoms. The molecule has 1 saturated heterocycles. The summed E-state index contributed by atoms with van der Waals surface area (Å²) >= 11 is 0. The summed E-state index contributed by atoms with van der Waals surface area (Å²) in [5.41, 5.74) is 8.91. The van der Waals surface area contributed by atoms with Crippen LogP contribution in [-0.4, -0.2) is 25.0 Å². The third-order valence-corrected chi connectivity index (χ3v) is 4.14. The highest BCUT2D eigenvalue weighted by atomic mass is 19.1. The number of halogens is 1. The zero-order chi connectivity index (χ0) is 13.3. The third-order valence-electron chi connectivity index (χ3n) is 4.14. The van der Waals surface area contributed by atoms with Crippen LogP contribution < -0.4 is 5.73 Å². The Morgan fingerprint density at radius 2 is 2.17 bits per heavy atom. The summed E-state index contributed by atoms with van der Waals surface area (Å²) in [6, 6.07) is 4.12. The van der Waals surface area contributed by atoms with Crippen LogP contribution in [0, 0.1) is 18.7 Å². The second-order valence-electron chi connectivity index (χ2n) is 5.45. The van der Waals surface area contributed by atoms with Crippen molar-refractivity contribution in [1.82, 2.24) is 4.90 Å². The summed E-state index contributed by atoms with van der Waals surface area (Å²) in [6.45, 7) is 5.78. The van der Waals surface area contributed by atoms with Gasteiger partial charge in [-0.15, -0.1) is 0 Å². The van der Waals surface area contributed by atoms with Gasteiger partial charge in [0.15, 0.2) is 0 Å². The molecule has 0 radical (unpaired) electrons. The Hall–Kier alpha value is -0.930. The molecule has 2 N–H and O–H groups in total. The van der Waals surface area contributed by atoms with Crippen molar-refractivity contribution in [3.8, 4) is 0 Å². The van der Waals surface area contributed by atoms with Crippen molar-refractivity contribution < 1.29 is 4.39 Å². The van der Waals surface area contributed by atoms with Gasteiger partial charge in [0.1, 0.15) is 5.82 Å². The van der Waals surface area contributed by atoms with Gasteiger partial charge in [-0.2, -0.15) is 0 Å². The Bertz CT molecular complexity index is 431. The van der Waals surface area contributed by atoms with Crippen molar-refractivity contribution >= 4 is 0 Å². The number of hydrogen-bond acceptors (Lipinski definition) is 2. The second-order valence-corrected chi connectivity index (χ2v) is 5.45. The van der Waals surface area contributed by atoms with Crippen LogP contribution in [0.5, 0.6) is 0 Å². The van der Waals surface area contributed by atoms with Crippen molar-refractivity contribution in [2.75, 3.05) is 20.1 Å². The minimum atomic E-state index is -0.0743. The second kappa shape index (κ2) is 5.37. The predicted molar refractivity (Wildman–Crippen MR) is 73.0 cm³/mol. The van der Waals surface area contributed by atoms with Crippen molar-refractivity contribution in [2.24, 2.45) is 11.7 Å². The summed E-state index contributed by atoms with van der Waals surface area (Å²) in [7, 11) is 2.13. The fourth-order valence-corrected chi connectivity index (χ4v) is 3.01. The van der Waals surface area contributed by atoms with E-state index in [9.17, 15) is 4.39 Å². The van der Waals surface area contributed by atoms with Crippen molar-refractivity contribution in [1.29, 1.82) is 0 Å². The van der Waals surface area contributed by atoms with E-state index >= 15 is 0 Å². The van der Waals surface area contributed by atoms with Crippen molar-refractivity contribution in [3.63, 3.8) is 0 Å². The molecule has 0 aliphatic carbocycles. The average Bonchev–Trinajstić information content (AvgIpc) is 2.71. The number of benzene rings is 1. The molecule has 0 aromatic heterocycles. The van der Waals surface area contributed by atoms with Gasteiger partial charge >= 0.3 is 0 Å². The first-order valence-corrected chi connectivity index (χ1v) is 6.76. The van der Waals surface area contributed by atoms with Crippen LogP contribution >= 0.6 is 0 Å². The van der Waals surface area contributed by atoms with Crippen LogP contribution in [0.15, 0.2) is 12.1 Å². The fraction of sp³-hybridized carbons (Fsp3) is 0.600. The summed E-state index contributed by atoms with van der Waals surface area (Å²) in [4.78, 5) is 2.34. The topological polar surface area (TPSA) is 29.3 Å². The predicted octanol–water partition coefficient (Wildman–Crippen LogP) is 2.65. The maximum Gasteiger partial charge on any atom is 0.126 e. The quantitative estimate of drug-likeness (QED) is 0.893. The molecule has 2 nitrogen and oxygen atoms in total. The summed E-state index contributed by atoms with van der Waals surface area (Å²) < 4.78 is 13.7. The van der Waals surface area contributed by atoms with E-state index in [1.807, 2.05) is 19.9 Å². The number of hydrogen-bond donors (Lipinski definition) is 1. The van der Waals surface area contributed by atoms with Gasteiger partial charge in [0.05, 0.1) is 0 Å². The van der Waals surface area contributed by atoms with Gasteiger partial charge in [0.25, 0.3) is 0 Å². The van der Waals surface area contributed by atoms with Crippen LogP contribution in [-0.2, 0) is 6.42 Å². The van der Waals surface area contributed by atoms with Gasteiger partial charge in [-0.05, 0) is 62.0 Å². The highest BCUT2D eigenvalue weighted by Crippen LogP contribution is 2.36. The summed E-state index contributed by atoms with van der Waals surface area (Å²) in [5.74, 6) is 0.490. The first-order valence-electron chi connectivity index (χ1n) is 6.76. The first-order chi connectivity index (χ1) is 8.56. The molecule has 2 rings (SSSR count). The summed E-state index contributed by atoms with van der Waals surface area (Å²) in [6.07, 6.45) is 1.83. The van der Waals surface area contributed by atoms with E-state index in [1.165, 1.54) is 5.56 Å². The molecule has 18 heavy (non-hydrogen) atoms. The van der Waals surface area contributed by atoms with E-state index in [4.69, 9.17) is 5.73 Å². The molecule has 2 atom stereocenters. The molecule has 0 bridgehead atoms. The van der Waals surface area contributed by atoms with Crippen LogP contribution in [0.3, 0.4) is 0 Å². The van der Waals surface area contributed by atoms with Crippen LogP contribution in [0.25, 0.3) is 0 Å². The molecular weight excluding hydrogens is 227 g/mol. The van der Waals surface area contributed by atoms with Gasteiger partial charge in [0.2, 0.25) is 0 Å². The van der Waals surface area contributed by atoms with E-state index in [2.05, 4.69) is 11.9 Å². The van der Waals surface area contributed by atoms with E-state index in [0.29, 0.717) is 12.0 Å². The number of rotatable bonds is 3. The van der Waals surface area contributed by atoms with Gasteiger partial charge in [-0.25, -0.2) is 4.39 Å². The van der Waals surface area contributed by atoms with Crippen molar-refractivity contribution in [2.45, 2.75) is 32.7 Å². The summed E-state index contributed by atoms with van der Waals surface area (Å²) in [5, 5.41) is 0. The van der Waals surface area contributed by atoms with Gasteiger partial charge < -0.3 is 5.73 Å². The highest BCUT2D eigenvalue weighted by molar-refractivity contribution is 5.35. The van der Waals surface area contributed by atoms with Crippen LogP contribution in [0.2, 0.25) is 0 Å². The van der Waals surface area contributed by atoms with Crippen LogP contribution in [0.1, 0.15) is 36.1 Å². The molecular formula is C15H23FN2. The maximum atomic E-state index is 13.7. The van der Waals surface area contributed by atoms with Gasteiger partial charge in [-0.1, -0.05) is 13.0 Å². The lowest BCUT2D eigenvalue weighted by molar-refractivity contribution is 0.312. The Balaban J connectivity index is 2.33. The van der Waals surface area contributed by atoms with Gasteiger partial charge in [-0.3, -0.25) is 4.90 Å². The monoisotopic (exact) mass is 250 g/mol. The van der Waals surface area contributed by atoms with E-state index in [1.54, 1.807) is 6.07 Å². The lowest BCUT2D eigenvalue weighted by Gasteiger charge is -2.22. The number of nitrogens with two attached hydrogens (primary N) is 1. The molecule has 1 aromatic carbocycles. The molecule has 1 aromatic rings. The smallest absolute Gasteiger partial charge is 0.126 e. The molecule has 1 aliphatic heterocycles. The SMILES string of the molecule is CCc1cc(C2CC(CN)CN2C)c(C)cc1F. The first kappa shape index (κ1) is 13.5. The number of likely N-dealkylation sites (tertiary alicyclic amines) is 1. The lowest BCUT2D eigenvalue weighted by atomic mass is 9.94. The molecule has 1 aliphatic rings. The Labute approximate surface area is 109 Å². The zero-order valence-corrected chi connectivity index (χ0v) is 11.5. The molecule has 1 fully saturated rings. The minimum Gasteiger partial charge on any atom is -0.330 e. The Morgan fingerprint density at radius 3 is 2.72 bits per heavy atom. The molecule has 1 heterocycles. The van der Waals surface area contributed by atoms with E-state index in [-0.39, 0.29) is 5.82 Å². The average molecular weight is 250 g/mol. The molecule has 0 spiro atoms. The molecule has 0 amide bonds. The highest BCUT2D eigenvalue weighted by Gasteiger charge is 2.30. The maximum absolute atomic E-state index is 13.7. The normalized spacial score (nSPS) is 24.7. The fourth-order valence-electron chi connectivity index (χ4n) is 3.01. The molecule has 100 valence electrons. The minimum absolute atomic E-state index is 0.0743. The Kier molecular flexibility index (Phi) is 4.03. The van der Waals surface area contributed by atoms with Crippen LogP contribution in [0.4, 0.5) is 4.39 Å². The van der Waals surface area contributed by atoms with E-state index < -0.39 is 0 Å². The van der Waals surface area contributed by atoms with Gasteiger partial charge in [0, 0.05) is 12.6 Å². The number of nitrogens with zero attached hydrogens (tertiary/aromatic N) is 1. The van der Waals surface area contributed by atoms with E-state index in [0.717, 1.165) is 37.1 Å². The van der Waals surface area contributed by atoms with Crippen molar-refractivity contribution in [3.05, 3.63) is 34.6 Å². The molecule has 0 saturated carbocycles. The lowest BCUT2D eigenvalue weighted by Crippen LogP contribution is -2.21. The number of aryl methyl sites for hydroxylation is 2. The Morgan fingerprint density at radius 1 is 1.44 bits per heavy atom. The zero-order valence-electron chi connectivity index (χ0n) is 11.5.